The van der Waals surface area contributed by atoms with Crippen molar-refractivity contribution in [2.75, 3.05) is 26.2 Å². The van der Waals surface area contributed by atoms with E-state index in [1.807, 2.05) is 25.1 Å². The van der Waals surface area contributed by atoms with E-state index in [1.54, 1.807) is 6.07 Å². The second kappa shape index (κ2) is 10.6. The molecule has 0 fully saturated rings. The van der Waals surface area contributed by atoms with Gasteiger partial charge in [0.05, 0.1) is 12.2 Å². The van der Waals surface area contributed by atoms with Gasteiger partial charge in [0, 0.05) is 13.1 Å². The third-order valence-corrected chi connectivity index (χ3v) is 2.45. The Balaban J connectivity index is 0.00000324. The second-order valence-corrected chi connectivity index (χ2v) is 3.94. The van der Waals surface area contributed by atoms with Gasteiger partial charge in [-0.3, -0.25) is 4.79 Å². The van der Waals surface area contributed by atoms with Crippen molar-refractivity contribution in [2.24, 2.45) is 0 Å². The lowest BCUT2D eigenvalue weighted by Crippen LogP contribution is -2.32. The summed E-state index contributed by atoms with van der Waals surface area (Å²) in [7, 11) is 0. The van der Waals surface area contributed by atoms with Crippen LogP contribution in [-0.4, -0.2) is 32.1 Å². The highest BCUT2D eigenvalue weighted by atomic mass is 35.5. The van der Waals surface area contributed by atoms with E-state index >= 15 is 0 Å². The highest BCUT2D eigenvalue weighted by Gasteiger charge is 2.10. The van der Waals surface area contributed by atoms with Crippen LogP contribution in [-0.2, 0) is 0 Å². The minimum absolute atomic E-state index is 0. The molecule has 0 atom stereocenters. The molecular formula is C14H23ClN2O2. The Morgan fingerprint density at radius 2 is 1.89 bits per heavy atom. The molecule has 108 valence electrons. The van der Waals surface area contributed by atoms with Gasteiger partial charge in [-0.15, -0.1) is 12.4 Å². The van der Waals surface area contributed by atoms with Gasteiger partial charge in [-0.1, -0.05) is 19.1 Å². The van der Waals surface area contributed by atoms with Crippen LogP contribution >= 0.6 is 12.4 Å². The first kappa shape index (κ1) is 17.7. The van der Waals surface area contributed by atoms with Crippen molar-refractivity contribution in [3.63, 3.8) is 0 Å². The van der Waals surface area contributed by atoms with Gasteiger partial charge in [-0.2, -0.15) is 0 Å². The Hall–Kier alpha value is -1.26. The second-order valence-electron chi connectivity index (χ2n) is 3.94. The zero-order chi connectivity index (χ0) is 13.2. The number of hydrogen-bond acceptors (Lipinski definition) is 3. The summed E-state index contributed by atoms with van der Waals surface area (Å²) in [6.07, 6.45) is 1.10. The maximum Gasteiger partial charge on any atom is 0.255 e. The molecule has 0 aliphatic carbocycles. The molecule has 1 amide bonds. The van der Waals surface area contributed by atoms with Crippen molar-refractivity contribution < 1.29 is 9.53 Å². The van der Waals surface area contributed by atoms with Crippen LogP contribution in [0.4, 0.5) is 0 Å². The molecule has 0 heterocycles. The van der Waals surface area contributed by atoms with E-state index in [-0.39, 0.29) is 18.3 Å². The molecule has 4 nitrogen and oxygen atoms in total. The van der Waals surface area contributed by atoms with Crippen LogP contribution in [0.5, 0.6) is 5.75 Å². The van der Waals surface area contributed by atoms with Crippen molar-refractivity contribution in [3.8, 4) is 5.75 Å². The van der Waals surface area contributed by atoms with Gasteiger partial charge in [0.1, 0.15) is 5.75 Å². The normalized spacial score (nSPS) is 9.58. The molecule has 1 rings (SSSR count). The molecule has 2 N–H and O–H groups in total. The fraction of sp³-hybridized carbons (Fsp3) is 0.500. The van der Waals surface area contributed by atoms with Gasteiger partial charge in [-0.25, -0.2) is 0 Å². The van der Waals surface area contributed by atoms with Crippen molar-refractivity contribution in [2.45, 2.75) is 20.3 Å². The summed E-state index contributed by atoms with van der Waals surface area (Å²) in [4.78, 5) is 12.0. The fourth-order valence-electron chi connectivity index (χ4n) is 1.60. The molecule has 5 heteroatoms. The third-order valence-electron chi connectivity index (χ3n) is 2.45. The van der Waals surface area contributed by atoms with Gasteiger partial charge in [-0.05, 0) is 32.0 Å². The molecule has 0 radical (unpaired) electrons. The van der Waals surface area contributed by atoms with E-state index in [4.69, 9.17) is 4.74 Å². The summed E-state index contributed by atoms with van der Waals surface area (Å²) in [5.74, 6) is 0.552. The smallest absolute Gasteiger partial charge is 0.255 e. The van der Waals surface area contributed by atoms with Crippen molar-refractivity contribution >= 4 is 18.3 Å². The predicted octanol–water partition coefficient (Wildman–Crippen LogP) is 2.24. The van der Waals surface area contributed by atoms with E-state index in [9.17, 15) is 4.79 Å². The lowest BCUT2D eigenvalue weighted by Gasteiger charge is -2.10. The number of rotatable bonds is 8. The summed E-state index contributed by atoms with van der Waals surface area (Å²) in [5.41, 5.74) is 0.592. The number of ether oxygens (including phenoxy) is 1. The highest BCUT2D eigenvalue weighted by molar-refractivity contribution is 5.96. The Morgan fingerprint density at radius 3 is 2.58 bits per heavy atom. The number of benzene rings is 1. The first-order valence-corrected chi connectivity index (χ1v) is 6.50. The van der Waals surface area contributed by atoms with Crippen LogP contribution in [0.3, 0.4) is 0 Å². The molecule has 19 heavy (non-hydrogen) atoms. The Morgan fingerprint density at radius 1 is 1.16 bits per heavy atom. The first-order valence-electron chi connectivity index (χ1n) is 6.50. The standard InChI is InChI=1S/C14H22N2O2.ClH/c1-3-9-15-10-11-16-14(17)12-7-5-6-8-13(12)18-4-2;/h5-8,15H,3-4,9-11H2,1-2H3,(H,16,17);1H. The van der Waals surface area contributed by atoms with Gasteiger partial charge in [0.2, 0.25) is 0 Å². The maximum absolute atomic E-state index is 12.0. The number of para-hydroxylation sites is 1. The average Bonchev–Trinajstić information content (AvgIpc) is 2.39. The number of carbonyl (C=O) groups excluding carboxylic acids is 1. The molecule has 0 saturated heterocycles. The third kappa shape index (κ3) is 6.45. The highest BCUT2D eigenvalue weighted by Crippen LogP contribution is 2.17. The monoisotopic (exact) mass is 286 g/mol. The summed E-state index contributed by atoms with van der Waals surface area (Å²) >= 11 is 0. The molecule has 0 spiro atoms. The van der Waals surface area contributed by atoms with E-state index < -0.39 is 0 Å². The Labute approximate surface area is 121 Å². The summed E-state index contributed by atoms with van der Waals surface area (Å²) in [6.45, 7) is 6.97. The number of halogens is 1. The largest absolute Gasteiger partial charge is 0.493 e. The molecule has 0 aliphatic rings. The van der Waals surface area contributed by atoms with Gasteiger partial charge in [0.15, 0.2) is 0 Å². The van der Waals surface area contributed by atoms with Crippen LogP contribution in [0.25, 0.3) is 0 Å². The molecule has 0 unspecified atom stereocenters. The number of amides is 1. The van der Waals surface area contributed by atoms with Crippen LogP contribution in [0.1, 0.15) is 30.6 Å². The molecule has 1 aromatic carbocycles. The summed E-state index contributed by atoms with van der Waals surface area (Å²) in [5, 5.41) is 6.11. The minimum Gasteiger partial charge on any atom is -0.493 e. The Kier molecular flexibility index (Phi) is 9.94. The van der Waals surface area contributed by atoms with Gasteiger partial charge in [0.25, 0.3) is 5.91 Å². The van der Waals surface area contributed by atoms with E-state index in [0.717, 1.165) is 19.5 Å². The molecule has 0 saturated carbocycles. The zero-order valence-corrected chi connectivity index (χ0v) is 12.4. The minimum atomic E-state index is -0.0858. The van der Waals surface area contributed by atoms with Crippen LogP contribution in [0.15, 0.2) is 24.3 Å². The Bertz CT molecular complexity index is 372. The topological polar surface area (TPSA) is 50.4 Å². The first-order chi connectivity index (χ1) is 8.79. The van der Waals surface area contributed by atoms with E-state index in [1.165, 1.54) is 0 Å². The maximum atomic E-state index is 12.0. The number of hydrogen-bond donors (Lipinski definition) is 2. The van der Waals surface area contributed by atoms with Crippen LogP contribution < -0.4 is 15.4 Å². The van der Waals surface area contributed by atoms with Gasteiger partial charge < -0.3 is 15.4 Å². The lowest BCUT2D eigenvalue weighted by atomic mass is 10.2. The van der Waals surface area contributed by atoms with Crippen LogP contribution in [0, 0.1) is 0 Å². The van der Waals surface area contributed by atoms with Crippen molar-refractivity contribution in [1.82, 2.24) is 10.6 Å². The SMILES string of the molecule is CCCNCCNC(=O)c1ccccc1OCC.Cl. The van der Waals surface area contributed by atoms with Crippen molar-refractivity contribution in [1.29, 1.82) is 0 Å². The zero-order valence-electron chi connectivity index (χ0n) is 11.6. The molecule has 0 aromatic heterocycles. The van der Waals surface area contributed by atoms with Gasteiger partial charge >= 0.3 is 0 Å². The number of nitrogens with one attached hydrogen (secondary N) is 2. The molecule has 0 aliphatic heterocycles. The molecule has 0 bridgehead atoms. The van der Waals surface area contributed by atoms with Crippen molar-refractivity contribution in [3.05, 3.63) is 29.8 Å². The quantitative estimate of drug-likeness (QED) is 0.721. The lowest BCUT2D eigenvalue weighted by molar-refractivity contribution is 0.0950. The van der Waals surface area contributed by atoms with E-state index in [0.29, 0.717) is 24.5 Å². The van der Waals surface area contributed by atoms with E-state index in [2.05, 4.69) is 17.6 Å². The fourth-order valence-corrected chi connectivity index (χ4v) is 1.60. The van der Waals surface area contributed by atoms with Crippen LogP contribution in [0.2, 0.25) is 0 Å². The number of carbonyl (C=O) groups is 1. The summed E-state index contributed by atoms with van der Waals surface area (Å²) < 4.78 is 5.43. The predicted molar refractivity (Wildman–Crippen MR) is 80.4 cm³/mol. The molecule has 1 aromatic rings. The summed E-state index contributed by atoms with van der Waals surface area (Å²) in [6, 6.07) is 7.30. The molecular weight excluding hydrogens is 264 g/mol. The average molecular weight is 287 g/mol.